The Bertz CT molecular complexity index is 784. The number of hydrogen-bond acceptors (Lipinski definition) is 5. The van der Waals surface area contributed by atoms with E-state index in [1.165, 1.54) is 11.6 Å². The summed E-state index contributed by atoms with van der Waals surface area (Å²) in [4.78, 5) is 16.1. The first-order valence-corrected chi connectivity index (χ1v) is 7.13. The number of esters is 1. The summed E-state index contributed by atoms with van der Waals surface area (Å²) in [7, 11) is 0. The zero-order valence-electron chi connectivity index (χ0n) is 12.5. The van der Waals surface area contributed by atoms with E-state index in [0.29, 0.717) is 5.56 Å². The number of hydrogen-bond donors (Lipinski definition) is 1. The summed E-state index contributed by atoms with van der Waals surface area (Å²) in [5, 5.41) is 6.11. The minimum atomic E-state index is -4.77. The quantitative estimate of drug-likeness (QED) is 0.871. The van der Waals surface area contributed by atoms with Crippen molar-refractivity contribution < 1.29 is 22.7 Å². The number of allylic oxidation sites excluding steroid dienone is 1. The maximum absolute atomic E-state index is 13.5. The second-order valence-corrected chi connectivity index (χ2v) is 4.97. The molecule has 0 bridgehead atoms. The molecule has 1 aromatic heterocycles. The number of alkyl halides is 3. The zero-order valence-corrected chi connectivity index (χ0v) is 12.5. The third kappa shape index (κ3) is 2.72. The number of anilines is 1. The highest BCUT2D eigenvalue weighted by Gasteiger charge is 2.46. The van der Waals surface area contributed by atoms with Gasteiger partial charge in [-0.1, -0.05) is 30.3 Å². The number of benzene rings is 1. The maximum Gasteiger partial charge on any atom is 0.431 e. The minimum Gasteiger partial charge on any atom is -0.463 e. The number of ether oxygens (including phenoxy) is 1. The fourth-order valence-electron chi connectivity index (χ4n) is 2.56. The van der Waals surface area contributed by atoms with Crippen LogP contribution >= 0.6 is 0 Å². The van der Waals surface area contributed by atoms with Crippen LogP contribution in [-0.4, -0.2) is 33.5 Å². The summed E-state index contributed by atoms with van der Waals surface area (Å²) >= 11 is 0. The van der Waals surface area contributed by atoms with Gasteiger partial charge < -0.3 is 10.1 Å². The largest absolute Gasteiger partial charge is 0.463 e. The van der Waals surface area contributed by atoms with Crippen molar-refractivity contribution in [3.8, 4) is 0 Å². The molecule has 1 aliphatic rings. The number of aromatic nitrogens is 3. The summed E-state index contributed by atoms with van der Waals surface area (Å²) in [6.45, 7) is 1.49. The van der Waals surface area contributed by atoms with Gasteiger partial charge in [0.2, 0.25) is 5.95 Å². The van der Waals surface area contributed by atoms with Gasteiger partial charge in [0.15, 0.2) is 0 Å². The van der Waals surface area contributed by atoms with Gasteiger partial charge in [0, 0.05) is 0 Å². The molecule has 2 heterocycles. The number of rotatable bonds is 3. The van der Waals surface area contributed by atoms with E-state index in [4.69, 9.17) is 4.74 Å². The average Bonchev–Trinajstić information content (AvgIpc) is 3.01. The van der Waals surface area contributed by atoms with E-state index in [-0.39, 0.29) is 12.6 Å². The van der Waals surface area contributed by atoms with Crippen LogP contribution in [-0.2, 0) is 9.53 Å². The Labute approximate surface area is 134 Å². The van der Waals surface area contributed by atoms with Crippen molar-refractivity contribution in [2.24, 2.45) is 0 Å². The first-order valence-electron chi connectivity index (χ1n) is 7.13. The van der Waals surface area contributed by atoms with E-state index in [1.54, 1.807) is 30.3 Å². The molecule has 1 atom stereocenters. The zero-order chi connectivity index (χ0) is 17.3. The van der Waals surface area contributed by atoms with Crippen LogP contribution in [0.1, 0.15) is 18.5 Å². The van der Waals surface area contributed by atoms with Gasteiger partial charge in [-0.05, 0) is 12.5 Å². The molecular weight excluding hydrogens is 326 g/mol. The molecule has 0 saturated carbocycles. The van der Waals surface area contributed by atoms with E-state index in [0.717, 1.165) is 6.33 Å². The highest BCUT2D eigenvalue weighted by Crippen LogP contribution is 2.40. The topological polar surface area (TPSA) is 69.0 Å². The van der Waals surface area contributed by atoms with Crippen LogP contribution < -0.4 is 5.32 Å². The molecule has 0 fully saturated rings. The van der Waals surface area contributed by atoms with Gasteiger partial charge in [-0.25, -0.2) is 9.48 Å². The third-order valence-electron chi connectivity index (χ3n) is 3.49. The van der Waals surface area contributed by atoms with Crippen molar-refractivity contribution in [2.45, 2.75) is 19.1 Å². The highest BCUT2D eigenvalue weighted by molar-refractivity contribution is 5.92. The minimum absolute atomic E-state index is 0.0425. The van der Waals surface area contributed by atoms with Crippen LogP contribution in [0.5, 0.6) is 0 Å². The third-order valence-corrected chi connectivity index (χ3v) is 3.49. The molecule has 24 heavy (non-hydrogen) atoms. The number of fused-ring (bicyclic) bond motifs is 1. The van der Waals surface area contributed by atoms with Gasteiger partial charge in [-0.3, -0.25) is 0 Å². The SMILES string of the molecule is CCOC(=O)C1=C(C(F)(F)F)Nc2nc[15n]n2C1c1ccccc1. The lowest BCUT2D eigenvalue weighted by Gasteiger charge is -2.30. The second kappa shape index (κ2) is 5.99. The number of nitrogens with one attached hydrogen (secondary N) is 1. The summed E-state index contributed by atoms with van der Waals surface area (Å²) in [6, 6.07) is 7.23. The predicted octanol–water partition coefficient (Wildman–Crippen LogP) is 2.67. The predicted molar refractivity (Wildman–Crippen MR) is 77.9 cm³/mol. The van der Waals surface area contributed by atoms with Gasteiger partial charge in [0.1, 0.15) is 18.1 Å². The highest BCUT2D eigenvalue weighted by atomic mass is 19.4. The summed E-state index contributed by atoms with van der Waals surface area (Å²) in [5.41, 5.74) is -1.26. The second-order valence-electron chi connectivity index (χ2n) is 4.97. The van der Waals surface area contributed by atoms with Gasteiger partial charge in [0.25, 0.3) is 0 Å². The maximum atomic E-state index is 13.5. The smallest absolute Gasteiger partial charge is 0.431 e. The number of carbonyl (C=O) groups excluding carboxylic acids is 1. The first kappa shape index (κ1) is 16.0. The first-order chi connectivity index (χ1) is 11.4. The normalized spacial score (nSPS) is 17.2. The van der Waals surface area contributed by atoms with Crippen LogP contribution in [0, 0.1) is 0 Å². The number of carbonyl (C=O) groups is 1. The van der Waals surface area contributed by atoms with Crippen molar-refractivity contribution in [1.29, 1.82) is 0 Å². The molecule has 126 valence electrons. The van der Waals surface area contributed by atoms with Gasteiger partial charge in [0.05, 0.1) is 12.2 Å². The van der Waals surface area contributed by atoms with Gasteiger partial charge in [-0.2, -0.15) is 23.3 Å². The molecule has 0 radical (unpaired) electrons. The van der Waals surface area contributed by atoms with Crippen LogP contribution in [0.3, 0.4) is 0 Å². The monoisotopic (exact) mass is 339 g/mol. The Balaban J connectivity index is 2.24. The Morgan fingerprint density at radius 3 is 2.67 bits per heavy atom. The molecule has 1 aliphatic heterocycles. The number of halogens is 3. The molecule has 3 rings (SSSR count). The van der Waals surface area contributed by atoms with Crippen molar-refractivity contribution in [3.05, 3.63) is 53.5 Å². The van der Waals surface area contributed by atoms with Crippen molar-refractivity contribution in [1.82, 2.24) is 14.8 Å². The van der Waals surface area contributed by atoms with Gasteiger partial charge in [-0.15, -0.1) is 0 Å². The summed E-state index contributed by atoms with van der Waals surface area (Å²) < 4.78 is 46.6. The van der Waals surface area contributed by atoms with Crippen molar-refractivity contribution >= 4 is 11.9 Å². The summed E-state index contributed by atoms with van der Waals surface area (Å²) in [6.07, 6.45) is -3.65. The van der Waals surface area contributed by atoms with Crippen LogP contribution in [0.15, 0.2) is 47.9 Å². The lowest BCUT2D eigenvalue weighted by atomic mass is 9.95. The van der Waals surface area contributed by atoms with E-state index in [9.17, 15) is 18.0 Å². The van der Waals surface area contributed by atoms with E-state index < -0.39 is 29.5 Å². The molecule has 1 aromatic carbocycles. The summed E-state index contributed by atoms with van der Waals surface area (Å²) in [5.74, 6) is -1.14. The lowest BCUT2D eigenvalue weighted by molar-refractivity contribution is -0.140. The molecule has 1 N–H and O–H groups in total. The van der Waals surface area contributed by atoms with E-state index in [1.807, 2.05) is 0 Å². The van der Waals surface area contributed by atoms with Crippen LogP contribution in [0.4, 0.5) is 19.1 Å². The fourth-order valence-corrected chi connectivity index (χ4v) is 2.56. The molecular formula is C15H13F3N4O2. The molecule has 6 nitrogen and oxygen atoms in total. The molecule has 0 amide bonds. The molecule has 1 unspecified atom stereocenters. The molecule has 9 heteroatoms. The van der Waals surface area contributed by atoms with Gasteiger partial charge >= 0.3 is 12.1 Å². The van der Waals surface area contributed by atoms with E-state index in [2.05, 4.69) is 15.4 Å². The van der Waals surface area contributed by atoms with Crippen molar-refractivity contribution in [3.63, 3.8) is 0 Å². The number of nitrogens with zero attached hydrogens (tertiary/aromatic N) is 3. The molecule has 0 aliphatic carbocycles. The fraction of sp³-hybridized carbons (Fsp3) is 0.267. The Morgan fingerprint density at radius 1 is 1.33 bits per heavy atom. The Hall–Kier alpha value is -2.84. The average molecular weight is 339 g/mol. The lowest BCUT2D eigenvalue weighted by Crippen LogP contribution is -2.35. The Morgan fingerprint density at radius 2 is 2.04 bits per heavy atom. The molecule has 0 saturated heterocycles. The standard InChI is InChI=1S/C15H13F3N4O2/c1-2-24-13(23)10-11(9-6-4-3-5-7-9)22-14(19-8-20-22)21-12(10)15(16,17)18/h3-8,11H,2H2,1H3,(H,19,20,21)/i20+1. The van der Waals surface area contributed by atoms with Crippen molar-refractivity contribution in [2.75, 3.05) is 11.9 Å². The van der Waals surface area contributed by atoms with Crippen LogP contribution in [0.2, 0.25) is 0 Å². The molecule has 2 aromatic rings. The Kier molecular flexibility index (Phi) is 4.00. The van der Waals surface area contributed by atoms with Crippen LogP contribution in [0.25, 0.3) is 0 Å². The van der Waals surface area contributed by atoms with E-state index >= 15 is 0 Å². The molecule has 0 spiro atoms.